The summed E-state index contributed by atoms with van der Waals surface area (Å²) >= 11 is 6.51. The molecule has 21 heavy (non-hydrogen) atoms. The lowest BCUT2D eigenvalue weighted by Crippen LogP contribution is -2.38. The van der Waals surface area contributed by atoms with Crippen LogP contribution in [0.15, 0.2) is 0 Å². The summed E-state index contributed by atoms with van der Waals surface area (Å²) in [5.41, 5.74) is 2.29. The second-order valence-corrected chi connectivity index (χ2v) is 7.07. The first-order valence-corrected chi connectivity index (χ1v) is 8.34. The molecule has 1 aromatic heterocycles. The van der Waals surface area contributed by atoms with Gasteiger partial charge in [-0.3, -0.25) is 4.68 Å². The van der Waals surface area contributed by atoms with E-state index >= 15 is 0 Å². The van der Waals surface area contributed by atoms with E-state index in [-0.39, 0.29) is 5.41 Å². The largest absolute Gasteiger partial charge is 0.381 e. The summed E-state index contributed by atoms with van der Waals surface area (Å²) in [5, 5.41) is 8.97. The van der Waals surface area contributed by atoms with Gasteiger partial charge in [0, 0.05) is 25.6 Å². The van der Waals surface area contributed by atoms with Crippen molar-refractivity contribution >= 4 is 11.6 Å². The monoisotopic (exact) mass is 313 g/mol. The number of halogens is 1. The van der Waals surface area contributed by atoms with Crippen molar-refractivity contribution in [3.05, 3.63) is 16.4 Å². The minimum absolute atomic E-state index is 0.150. The van der Waals surface area contributed by atoms with E-state index < -0.39 is 0 Å². The highest BCUT2D eigenvalue weighted by molar-refractivity contribution is 6.31. The molecule has 1 aliphatic heterocycles. The third kappa shape index (κ3) is 3.99. The predicted molar refractivity (Wildman–Crippen MR) is 86.9 cm³/mol. The highest BCUT2D eigenvalue weighted by atomic mass is 35.5. The van der Waals surface area contributed by atoms with Gasteiger partial charge in [-0.2, -0.15) is 5.10 Å². The van der Waals surface area contributed by atoms with Crippen LogP contribution in [0.25, 0.3) is 0 Å². The average molecular weight is 314 g/mol. The maximum atomic E-state index is 6.51. The number of hydrogen-bond acceptors (Lipinski definition) is 3. The fourth-order valence-electron chi connectivity index (χ4n) is 2.98. The number of rotatable bonds is 7. The molecule has 1 aromatic rings. The van der Waals surface area contributed by atoms with Crippen LogP contribution >= 0.6 is 11.6 Å². The van der Waals surface area contributed by atoms with Crippen LogP contribution in [-0.2, 0) is 24.6 Å². The SMILES string of the molecule is CCc1nn(C)c(CC2(CNCC(C)C)CCOC2)c1Cl. The van der Waals surface area contributed by atoms with Crippen LogP contribution < -0.4 is 5.32 Å². The van der Waals surface area contributed by atoms with Gasteiger partial charge in [-0.15, -0.1) is 0 Å². The van der Waals surface area contributed by atoms with Gasteiger partial charge in [-0.1, -0.05) is 32.4 Å². The first kappa shape index (κ1) is 16.8. The zero-order valence-corrected chi connectivity index (χ0v) is 14.5. The van der Waals surface area contributed by atoms with Gasteiger partial charge in [-0.25, -0.2) is 0 Å². The van der Waals surface area contributed by atoms with Crippen LogP contribution in [0.5, 0.6) is 0 Å². The molecule has 1 saturated heterocycles. The van der Waals surface area contributed by atoms with Crippen LogP contribution in [0.2, 0.25) is 5.02 Å². The number of nitrogens with one attached hydrogen (secondary N) is 1. The van der Waals surface area contributed by atoms with E-state index in [1.807, 2.05) is 11.7 Å². The Morgan fingerprint density at radius 2 is 2.24 bits per heavy atom. The fourth-order valence-corrected chi connectivity index (χ4v) is 3.34. The molecule has 5 heteroatoms. The van der Waals surface area contributed by atoms with Gasteiger partial charge >= 0.3 is 0 Å². The van der Waals surface area contributed by atoms with E-state index in [9.17, 15) is 0 Å². The molecule has 1 atom stereocenters. The van der Waals surface area contributed by atoms with Crippen molar-refractivity contribution in [2.24, 2.45) is 18.4 Å². The van der Waals surface area contributed by atoms with Crippen LogP contribution in [0.4, 0.5) is 0 Å². The quantitative estimate of drug-likeness (QED) is 0.841. The standard InChI is InChI=1S/C16H28ClN3O/c1-5-13-15(17)14(20(4)19-13)8-16(6-7-21-11-16)10-18-9-12(2)3/h12,18H,5-11H2,1-4H3. The second-order valence-electron chi connectivity index (χ2n) is 6.69. The highest BCUT2D eigenvalue weighted by Gasteiger charge is 2.36. The Kier molecular flexibility index (Phi) is 5.69. The zero-order valence-electron chi connectivity index (χ0n) is 13.7. The van der Waals surface area contributed by atoms with Gasteiger partial charge in [0.15, 0.2) is 0 Å². The Hall–Kier alpha value is -0.580. The van der Waals surface area contributed by atoms with Crippen LogP contribution in [0.3, 0.4) is 0 Å². The molecule has 0 aromatic carbocycles. The summed E-state index contributed by atoms with van der Waals surface area (Å²) in [6, 6.07) is 0. The van der Waals surface area contributed by atoms with Crippen LogP contribution in [0, 0.1) is 11.3 Å². The molecule has 1 fully saturated rings. The molecule has 1 unspecified atom stereocenters. The van der Waals surface area contributed by atoms with E-state index in [1.54, 1.807) is 0 Å². The lowest BCUT2D eigenvalue weighted by Gasteiger charge is -2.28. The fraction of sp³-hybridized carbons (Fsp3) is 0.812. The van der Waals surface area contributed by atoms with Crippen molar-refractivity contribution in [1.82, 2.24) is 15.1 Å². The molecular weight excluding hydrogens is 286 g/mol. The molecule has 0 radical (unpaired) electrons. The van der Waals surface area contributed by atoms with Crippen molar-refractivity contribution in [3.63, 3.8) is 0 Å². The Balaban J connectivity index is 2.11. The van der Waals surface area contributed by atoms with Gasteiger partial charge in [-0.05, 0) is 31.7 Å². The second kappa shape index (κ2) is 7.12. The molecule has 1 aliphatic rings. The van der Waals surface area contributed by atoms with Gasteiger partial charge in [0.25, 0.3) is 0 Å². The van der Waals surface area contributed by atoms with Crippen molar-refractivity contribution < 1.29 is 4.74 Å². The lowest BCUT2D eigenvalue weighted by atomic mass is 9.82. The third-order valence-corrected chi connectivity index (χ3v) is 4.72. The van der Waals surface area contributed by atoms with Crippen LogP contribution in [0.1, 0.15) is 38.6 Å². The molecule has 0 bridgehead atoms. The molecule has 4 nitrogen and oxygen atoms in total. The van der Waals surface area contributed by atoms with E-state index in [4.69, 9.17) is 16.3 Å². The smallest absolute Gasteiger partial charge is 0.0849 e. The van der Waals surface area contributed by atoms with E-state index in [0.717, 1.165) is 62.0 Å². The van der Waals surface area contributed by atoms with Crippen molar-refractivity contribution in [3.8, 4) is 0 Å². The first-order chi connectivity index (χ1) is 9.97. The van der Waals surface area contributed by atoms with E-state index in [1.165, 1.54) is 0 Å². The summed E-state index contributed by atoms with van der Waals surface area (Å²) < 4.78 is 7.64. The Morgan fingerprint density at radius 1 is 1.48 bits per heavy atom. The van der Waals surface area contributed by atoms with Crippen molar-refractivity contribution in [1.29, 1.82) is 0 Å². The predicted octanol–water partition coefficient (Wildman–Crippen LogP) is 2.83. The van der Waals surface area contributed by atoms with Gasteiger partial charge in [0.05, 0.1) is 23.0 Å². The molecule has 2 rings (SSSR count). The Bertz CT molecular complexity index is 464. The number of hydrogen-bond donors (Lipinski definition) is 1. The topological polar surface area (TPSA) is 39.1 Å². The Morgan fingerprint density at radius 3 is 2.76 bits per heavy atom. The first-order valence-electron chi connectivity index (χ1n) is 7.96. The average Bonchev–Trinajstić information content (AvgIpc) is 2.99. The molecule has 0 spiro atoms. The van der Waals surface area contributed by atoms with Gasteiger partial charge < -0.3 is 10.1 Å². The number of aromatic nitrogens is 2. The molecule has 2 heterocycles. The van der Waals surface area contributed by atoms with E-state index in [0.29, 0.717) is 5.92 Å². The highest BCUT2D eigenvalue weighted by Crippen LogP contribution is 2.35. The van der Waals surface area contributed by atoms with E-state index in [2.05, 4.69) is 31.2 Å². The molecular formula is C16H28ClN3O. The maximum Gasteiger partial charge on any atom is 0.0849 e. The van der Waals surface area contributed by atoms with Gasteiger partial charge in [0.2, 0.25) is 0 Å². The third-order valence-electron chi connectivity index (χ3n) is 4.28. The van der Waals surface area contributed by atoms with Crippen LogP contribution in [-0.4, -0.2) is 36.1 Å². The summed E-state index contributed by atoms with van der Waals surface area (Å²) in [6.45, 7) is 10.2. The summed E-state index contributed by atoms with van der Waals surface area (Å²) in [5.74, 6) is 0.663. The maximum absolute atomic E-state index is 6.51. The molecule has 120 valence electrons. The molecule has 0 amide bonds. The molecule has 0 aliphatic carbocycles. The summed E-state index contributed by atoms with van der Waals surface area (Å²) in [6.07, 6.45) is 2.89. The minimum Gasteiger partial charge on any atom is -0.381 e. The number of nitrogens with zero attached hydrogens (tertiary/aromatic N) is 2. The number of ether oxygens (including phenoxy) is 1. The molecule has 0 saturated carbocycles. The summed E-state index contributed by atoms with van der Waals surface area (Å²) in [7, 11) is 1.99. The zero-order chi connectivity index (χ0) is 15.5. The summed E-state index contributed by atoms with van der Waals surface area (Å²) in [4.78, 5) is 0. The van der Waals surface area contributed by atoms with Crippen molar-refractivity contribution in [2.75, 3.05) is 26.3 Å². The Labute approximate surface area is 133 Å². The number of aryl methyl sites for hydroxylation is 2. The molecule has 1 N–H and O–H groups in total. The normalized spacial score (nSPS) is 22.4. The van der Waals surface area contributed by atoms with Crippen molar-refractivity contribution in [2.45, 2.75) is 40.0 Å². The lowest BCUT2D eigenvalue weighted by molar-refractivity contribution is 0.147. The van der Waals surface area contributed by atoms with Gasteiger partial charge in [0.1, 0.15) is 0 Å². The minimum atomic E-state index is 0.150.